The van der Waals surface area contributed by atoms with Crippen LogP contribution in [-0.2, 0) is 10.0 Å². The molecule has 2 aromatic carbocycles. The first-order valence-electron chi connectivity index (χ1n) is 6.43. The Balaban J connectivity index is 2.35. The summed E-state index contributed by atoms with van der Waals surface area (Å²) in [6.45, 7) is 0. The number of methoxy groups -OCH3 is 1. The number of sulfonamides is 1. The fourth-order valence-corrected chi connectivity index (χ4v) is 2.93. The van der Waals surface area contributed by atoms with Crippen LogP contribution < -0.4 is 9.46 Å². The fraction of sp³-hybridized carbons (Fsp3) is 0.0714. The monoisotopic (exact) mass is 352 g/mol. The number of benzene rings is 2. The van der Waals surface area contributed by atoms with E-state index in [-0.39, 0.29) is 27.6 Å². The van der Waals surface area contributed by atoms with E-state index in [0.29, 0.717) is 0 Å². The topological polar surface area (TPSA) is 136 Å². The Kier molecular flexibility index (Phi) is 4.69. The SMILES string of the molecule is COc1cc([N+](=O)[O-])ccc1NS(=O)(=O)c1ccc(C(=O)O)cc1. The average Bonchev–Trinajstić information content (AvgIpc) is 2.54. The van der Waals surface area contributed by atoms with Gasteiger partial charge in [-0.05, 0) is 30.3 Å². The fourth-order valence-electron chi connectivity index (χ4n) is 1.86. The van der Waals surface area contributed by atoms with Gasteiger partial charge in [-0.1, -0.05) is 0 Å². The Morgan fingerprint density at radius 1 is 1.21 bits per heavy atom. The molecule has 0 radical (unpaired) electrons. The molecule has 24 heavy (non-hydrogen) atoms. The lowest BCUT2D eigenvalue weighted by Gasteiger charge is -2.11. The molecule has 0 fully saturated rings. The van der Waals surface area contributed by atoms with Gasteiger partial charge in [-0.25, -0.2) is 13.2 Å². The van der Waals surface area contributed by atoms with Crippen molar-refractivity contribution in [3.05, 3.63) is 58.1 Å². The number of hydrogen-bond acceptors (Lipinski definition) is 6. The maximum atomic E-state index is 12.3. The second kappa shape index (κ2) is 6.54. The van der Waals surface area contributed by atoms with Crippen LogP contribution in [0.25, 0.3) is 0 Å². The van der Waals surface area contributed by atoms with Gasteiger partial charge in [0, 0.05) is 6.07 Å². The molecular weight excluding hydrogens is 340 g/mol. The van der Waals surface area contributed by atoms with E-state index in [4.69, 9.17) is 9.84 Å². The lowest BCUT2D eigenvalue weighted by Crippen LogP contribution is -2.14. The highest BCUT2D eigenvalue weighted by Gasteiger charge is 2.19. The molecular formula is C14H12N2O7S. The van der Waals surface area contributed by atoms with Crippen molar-refractivity contribution in [2.24, 2.45) is 0 Å². The molecule has 2 aromatic rings. The summed E-state index contributed by atoms with van der Waals surface area (Å²) in [7, 11) is -2.77. The molecule has 9 nitrogen and oxygen atoms in total. The Labute approximate surface area is 136 Å². The van der Waals surface area contributed by atoms with Crippen LogP contribution in [0.2, 0.25) is 0 Å². The van der Waals surface area contributed by atoms with Gasteiger partial charge in [-0.2, -0.15) is 0 Å². The summed E-state index contributed by atoms with van der Waals surface area (Å²) in [5, 5.41) is 19.6. The van der Waals surface area contributed by atoms with Crippen molar-refractivity contribution in [2.45, 2.75) is 4.90 Å². The van der Waals surface area contributed by atoms with E-state index >= 15 is 0 Å². The molecule has 126 valence electrons. The number of nitro groups is 1. The number of nitrogens with one attached hydrogen (secondary N) is 1. The number of nitro benzene ring substituents is 1. The van der Waals surface area contributed by atoms with Crippen LogP contribution in [0.1, 0.15) is 10.4 Å². The molecule has 0 heterocycles. The highest BCUT2D eigenvalue weighted by Crippen LogP contribution is 2.30. The highest BCUT2D eigenvalue weighted by atomic mass is 32.2. The van der Waals surface area contributed by atoms with E-state index in [1.807, 2.05) is 0 Å². The first-order chi connectivity index (χ1) is 11.2. The van der Waals surface area contributed by atoms with Gasteiger partial charge in [0.15, 0.2) is 0 Å². The predicted molar refractivity (Wildman–Crippen MR) is 83.9 cm³/mol. The molecule has 0 atom stereocenters. The Morgan fingerprint density at radius 3 is 2.33 bits per heavy atom. The number of rotatable bonds is 6. The molecule has 0 saturated heterocycles. The summed E-state index contributed by atoms with van der Waals surface area (Å²) in [5.41, 5.74) is -0.284. The summed E-state index contributed by atoms with van der Waals surface area (Å²) in [5.74, 6) is -1.20. The molecule has 0 bridgehead atoms. The third kappa shape index (κ3) is 3.60. The van der Waals surface area contributed by atoms with Crippen LogP contribution in [-0.4, -0.2) is 31.5 Å². The summed E-state index contributed by atoms with van der Waals surface area (Å²) in [6.07, 6.45) is 0. The van der Waals surface area contributed by atoms with Crippen molar-refractivity contribution in [1.82, 2.24) is 0 Å². The quantitative estimate of drug-likeness (QED) is 0.600. The van der Waals surface area contributed by atoms with Gasteiger partial charge in [0.2, 0.25) is 0 Å². The zero-order valence-corrected chi connectivity index (χ0v) is 13.1. The summed E-state index contributed by atoms with van der Waals surface area (Å²) < 4.78 is 31.8. The van der Waals surface area contributed by atoms with Crippen LogP contribution in [0.15, 0.2) is 47.4 Å². The van der Waals surface area contributed by atoms with Crippen molar-refractivity contribution in [3.63, 3.8) is 0 Å². The number of anilines is 1. The molecule has 2 rings (SSSR count). The molecule has 0 aliphatic carbocycles. The Morgan fingerprint density at radius 2 is 1.83 bits per heavy atom. The van der Waals surface area contributed by atoms with Crippen molar-refractivity contribution < 1.29 is 28.0 Å². The van der Waals surface area contributed by atoms with Crippen molar-refractivity contribution in [2.75, 3.05) is 11.8 Å². The number of carbonyl (C=O) groups is 1. The number of hydrogen-bond donors (Lipinski definition) is 2. The number of carboxylic acids is 1. The van der Waals surface area contributed by atoms with E-state index < -0.39 is 20.9 Å². The third-order valence-electron chi connectivity index (χ3n) is 3.05. The zero-order valence-electron chi connectivity index (χ0n) is 12.3. The van der Waals surface area contributed by atoms with Crippen molar-refractivity contribution >= 4 is 27.4 Å². The smallest absolute Gasteiger partial charge is 0.335 e. The lowest BCUT2D eigenvalue weighted by molar-refractivity contribution is -0.384. The van der Waals surface area contributed by atoms with E-state index in [1.165, 1.54) is 13.2 Å². The number of nitrogens with zero attached hydrogens (tertiary/aromatic N) is 1. The standard InChI is InChI=1S/C14H12N2O7S/c1-23-13-8-10(16(19)20)4-7-12(13)15-24(21,22)11-5-2-9(3-6-11)14(17)18/h2-8,15H,1H3,(H,17,18). The minimum Gasteiger partial charge on any atom is -0.494 e. The maximum Gasteiger partial charge on any atom is 0.335 e. The van der Waals surface area contributed by atoms with Gasteiger partial charge in [-0.3, -0.25) is 14.8 Å². The van der Waals surface area contributed by atoms with Crippen LogP contribution in [0, 0.1) is 10.1 Å². The molecule has 0 amide bonds. The van der Waals surface area contributed by atoms with E-state index in [9.17, 15) is 23.3 Å². The number of non-ortho nitro benzene ring substituents is 1. The highest BCUT2D eigenvalue weighted by molar-refractivity contribution is 7.92. The first-order valence-corrected chi connectivity index (χ1v) is 7.91. The lowest BCUT2D eigenvalue weighted by atomic mass is 10.2. The summed E-state index contributed by atoms with van der Waals surface area (Å²) in [4.78, 5) is 20.7. The van der Waals surface area contributed by atoms with Gasteiger partial charge < -0.3 is 9.84 Å². The first kappa shape index (κ1) is 17.2. The van der Waals surface area contributed by atoms with Crippen LogP contribution >= 0.6 is 0 Å². The van der Waals surface area contributed by atoms with Crippen LogP contribution in [0.4, 0.5) is 11.4 Å². The molecule has 0 saturated carbocycles. The third-order valence-corrected chi connectivity index (χ3v) is 4.43. The zero-order chi connectivity index (χ0) is 17.9. The molecule has 0 unspecified atom stereocenters. The Hall–Kier alpha value is -3.14. The van der Waals surface area contributed by atoms with Crippen LogP contribution in [0.5, 0.6) is 5.75 Å². The van der Waals surface area contributed by atoms with Gasteiger partial charge in [-0.15, -0.1) is 0 Å². The van der Waals surface area contributed by atoms with Gasteiger partial charge >= 0.3 is 5.97 Å². The largest absolute Gasteiger partial charge is 0.494 e. The summed E-state index contributed by atoms with van der Waals surface area (Å²) in [6, 6.07) is 8.03. The molecule has 0 aromatic heterocycles. The minimum absolute atomic E-state index is 0.0186. The normalized spacial score (nSPS) is 10.9. The number of ether oxygens (including phenoxy) is 1. The number of carboxylic acid groups (broad SMARTS) is 1. The molecule has 0 spiro atoms. The minimum atomic E-state index is -4.01. The van der Waals surface area contributed by atoms with E-state index in [1.54, 1.807) is 0 Å². The van der Waals surface area contributed by atoms with E-state index in [2.05, 4.69) is 4.72 Å². The van der Waals surface area contributed by atoms with Crippen molar-refractivity contribution in [3.8, 4) is 5.75 Å². The Bertz CT molecular complexity index is 892. The van der Waals surface area contributed by atoms with Crippen molar-refractivity contribution in [1.29, 1.82) is 0 Å². The molecule has 0 aliphatic heterocycles. The second-order valence-corrected chi connectivity index (χ2v) is 6.26. The summed E-state index contributed by atoms with van der Waals surface area (Å²) >= 11 is 0. The second-order valence-electron chi connectivity index (χ2n) is 4.58. The predicted octanol–water partition coefficient (Wildman–Crippen LogP) is 2.10. The van der Waals surface area contributed by atoms with Crippen LogP contribution in [0.3, 0.4) is 0 Å². The van der Waals surface area contributed by atoms with E-state index in [0.717, 1.165) is 36.4 Å². The average molecular weight is 352 g/mol. The maximum absolute atomic E-state index is 12.3. The molecule has 0 aliphatic rings. The molecule has 10 heteroatoms. The molecule has 2 N–H and O–H groups in total. The van der Waals surface area contributed by atoms with Gasteiger partial charge in [0.25, 0.3) is 15.7 Å². The van der Waals surface area contributed by atoms with Gasteiger partial charge in [0.05, 0.1) is 34.2 Å². The number of aromatic carboxylic acids is 1. The van der Waals surface area contributed by atoms with Gasteiger partial charge in [0.1, 0.15) is 5.75 Å².